The van der Waals surface area contributed by atoms with E-state index in [1.807, 2.05) is 24.3 Å². The van der Waals surface area contributed by atoms with Crippen molar-refractivity contribution in [3.8, 4) is 78.2 Å². The number of fused-ring (bicyclic) bond motifs is 9. The largest absolute Gasteiger partial charge is 0.494 e. The van der Waals surface area contributed by atoms with Crippen LogP contribution in [0.4, 0.5) is 17.1 Å². The van der Waals surface area contributed by atoms with Crippen molar-refractivity contribution in [2.24, 2.45) is 0 Å². The van der Waals surface area contributed by atoms with Crippen molar-refractivity contribution in [3.63, 3.8) is 0 Å². The van der Waals surface area contributed by atoms with Crippen molar-refractivity contribution in [1.82, 2.24) is 4.57 Å². The fourth-order valence-electron chi connectivity index (χ4n) is 16.0. The molecule has 0 saturated heterocycles. The molecule has 0 fully saturated rings. The molecule has 2 aliphatic rings. The maximum atomic E-state index is 6.20. The number of anilines is 3. The molecule has 1 unspecified atom stereocenters. The van der Waals surface area contributed by atoms with Gasteiger partial charge < -0.3 is 14.2 Å². The number of nitrogens with zero attached hydrogens (tertiary/aromatic N) is 2. The number of aromatic nitrogens is 1. The minimum Gasteiger partial charge on any atom is -0.494 e. The van der Waals surface area contributed by atoms with Crippen molar-refractivity contribution in [2.45, 2.75) is 83.0 Å². The molecule has 0 saturated carbocycles. The van der Waals surface area contributed by atoms with Gasteiger partial charge in [-0.1, -0.05) is 285 Å². The Kier molecular flexibility index (Phi) is 16.2. The Bertz CT molecular complexity index is 5340. The first-order valence-corrected chi connectivity index (χ1v) is 35.3. The summed E-state index contributed by atoms with van der Waals surface area (Å²) in [6.45, 7) is 20.2. The fourth-order valence-corrected chi connectivity index (χ4v) is 16.0. The summed E-state index contributed by atoms with van der Waals surface area (Å²) in [5, 5.41) is 2.44. The number of benzene rings is 13. The summed E-state index contributed by atoms with van der Waals surface area (Å²) >= 11 is 0. The summed E-state index contributed by atoms with van der Waals surface area (Å²) in [6.07, 6.45) is 9.03. The van der Waals surface area contributed by atoms with Crippen LogP contribution >= 0.6 is 0 Å². The van der Waals surface area contributed by atoms with E-state index in [1.165, 1.54) is 116 Å². The van der Waals surface area contributed by atoms with Crippen LogP contribution in [0.15, 0.2) is 310 Å². The molecule has 2 aliphatic carbocycles. The third kappa shape index (κ3) is 11.4. The fraction of sp³-hybridized carbons (Fsp3) is 0.146. The molecule has 3 heteroatoms. The average molecular weight is 1280 g/mol. The lowest BCUT2D eigenvalue weighted by atomic mass is 9.69. The standard InChI is InChI=1S/C96H82N2O/c1-8-65-28-32-69(33-29-65)74-40-53-83-84-54-50-80(63-90(84)95(6,7)89(83)62-74)98-92-56-41-72(70-34-43-75(44-35-70)94(3,4)5)60-86(92)87-61-73(42-57-93(87)98)71-38-47-78(48-39-71)97(77-45-36-68(37-46-77)67-22-14-12-15-23-67)79-49-55-85-82-26-18-19-27-88(82)96(91(85)64-79,76-24-16-13-17-25-76)58-20-10-11-21-59-99-81-51-30-66(9-2)31-52-81/h8-9,12-19,22-57,60-64H,1-2,10-11,20-21,58-59H2,3-7H3. The SMILES string of the molecule is C=Cc1ccc(OCCCCCCC2(c3ccccc3)c3ccccc3-c3ccc(N(c4ccc(-c5ccccc5)cc4)c4ccc(-c5ccc6c(c5)c5cc(-c7ccc(C(C)(C)C)cc7)ccc5n6-c5ccc6c(c5)C(C)(C)c5cc(-c7ccc(C=C)cc7)ccc5-6)cc4)cc32)cc1. The molecule has 14 aromatic rings. The van der Waals surface area contributed by atoms with Crippen molar-refractivity contribution in [1.29, 1.82) is 0 Å². The van der Waals surface area contributed by atoms with Crippen molar-refractivity contribution < 1.29 is 4.74 Å². The number of hydrogen-bond acceptors (Lipinski definition) is 2. The molecule has 1 aromatic heterocycles. The van der Waals surface area contributed by atoms with Gasteiger partial charge in [0.05, 0.1) is 17.6 Å². The Morgan fingerprint density at radius 1 is 0.384 bits per heavy atom. The highest BCUT2D eigenvalue weighted by atomic mass is 16.5. The predicted molar refractivity (Wildman–Crippen MR) is 420 cm³/mol. The highest BCUT2D eigenvalue weighted by Crippen LogP contribution is 2.57. The molecule has 0 radical (unpaired) electrons. The van der Waals surface area contributed by atoms with Gasteiger partial charge in [0.2, 0.25) is 0 Å². The van der Waals surface area contributed by atoms with E-state index in [-0.39, 0.29) is 16.2 Å². The van der Waals surface area contributed by atoms with E-state index < -0.39 is 0 Å². The molecule has 13 aromatic carbocycles. The molecule has 0 bridgehead atoms. The monoisotopic (exact) mass is 1280 g/mol. The van der Waals surface area contributed by atoms with E-state index >= 15 is 0 Å². The molecule has 3 nitrogen and oxygen atoms in total. The zero-order valence-corrected chi connectivity index (χ0v) is 57.4. The molecule has 1 atom stereocenters. The Balaban J connectivity index is 0.772. The number of ether oxygens (including phenoxy) is 1. The van der Waals surface area contributed by atoms with Crippen LogP contribution in [0.25, 0.3) is 106 Å². The van der Waals surface area contributed by atoms with Crippen molar-refractivity contribution in [2.75, 3.05) is 11.5 Å². The van der Waals surface area contributed by atoms with Gasteiger partial charge in [0.15, 0.2) is 0 Å². The summed E-state index contributed by atoms with van der Waals surface area (Å²) in [7, 11) is 0. The molecule has 0 spiro atoms. The van der Waals surface area contributed by atoms with Gasteiger partial charge in [0.25, 0.3) is 0 Å². The Hall–Kier alpha value is -11.3. The van der Waals surface area contributed by atoms with E-state index in [9.17, 15) is 0 Å². The molecular formula is C96H82N2O. The second-order valence-electron chi connectivity index (χ2n) is 28.7. The Labute approximate surface area is 584 Å². The van der Waals surface area contributed by atoms with Crippen molar-refractivity contribution >= 4 is 51.0 Å². The molecule has 0 N–H and O–H groups in total. The molecular weight excluding hydrogens is 1200 g/mol. The molecule has 99 heavy (non-hydrogen) atoms. The topological polar surface area (TPSA) is 17.4 Å². The minimum atomic E-state index is -0.355. The predicted octanol–water partition coefficient (Wildman–Crippen LogP) is 26.2. The normalized spacial score (nSPS) is 14.2. The van der Waals surface area contributed by atoms with Crippen molar-refractivity contribution in [3.05, 3.63) is 355 Å². The smallest absolute Gasteiger partial charge is 0.119 e. The maximum Gasteiger partial charge on any atom is 0.119 e. The van der Waals surface area contributed by atoms with Gasteiger partial charge in [-0.2, -0.15) is 0 Å². The highest BCUT2D eigenvalue weighted by molar-refractivity contribution is 6.12. The summed E-state index contributed by atoms with van der Waals surface area (Å²) in [6, 6.07) is 111. The summed E-state index contributed by atoms with van der Waals surface area (Å²) in [5.41, 5.74) is 31.4. The van der Waals surface area contributed by atoms with Crippen LogP contribution in [-0.4, -0.2) is 11.2 Å². The first kappa shape index (κ1) is 62.5. The van der Waals surface area contributed by atoms with E-state index in [2.05, 4.69) is 342 Å². The quantitative estimate of drug-likeness (QED) is 0.0751. The van der Waals surface area contributed by atoms with Gasteiger partial charge in [-0.25, -0.2) is 0 Å². The van der Waals surface area contributed by atoms with E-state index in [0.717, 1.165) is 77.3 Å². The molecule has 16 rings (SSSR count). The zero-order valence-electron chi connectivity index (χ0n) is 57.4. The average Bonchev–Trinajstić information content (AvgIpc) is 1.56. The first-order chi connectivity index (χ1) is 48.3. The third-order valence-corrected chi connectivity index (χ3v) is 21.4. The summed E-state index contributed by atoms with van der Waals surface area (Å²) < 4.78 is 8.70. The van der Waals surface area contributed by atoms with Gasteiger partial charge in [-0.15, -0.1) is 0 Å². The lowest BCUT2D eigenvalue weighted by Gasteiger charge is -2.34. The van der Waals surface area contributed by atoms with Crippen LogP contribution in [0.5, 0.6) is 5.75 Å². The van der Waals surface area contributed by atoms with E-state index in [4.69, 9.17) is 4.74 Å². The lowest BCUT2D eigenvalue weighted by Crippen LogP contribution is -2.27. The van der Waals surface area contributed by atoms with Gasteiger partial charge in [0, 0.05) is 44.4 Å². The second kappa shape index (κ2) is 25.6. The molecule has 0 amide bonds. The minimum absolute atomic E-state index is 0.0608. The van der Waals surface area contributed by atoms with E-state index in [1.54, 1.807) is 0 Å². The Morgan fingerprint density at radius 2 is 0.838 bits per heavy atom. The van der Waals surface area contributed by atoms with Gasteiger partial charge in [-0.05, 0) is 221 Å². The zero-order chi connectivity index (χ0) is 67.4. The van der Waals surface area contributed by atoms with Crippen LogP contribution in [0, 0.1) is 0 Å². The lowest BCUT2D eigenvalue weighted by molar-refractivity contribution is 0.303. The molecule has 1 heterocycles. The number of rotatable bonds is 19. The maximum absolute atomic E-state index is 6.20. The number of hydrogen-bond donors (Lipinski definition) is 0. The summed E-state index contributed by atoms with van der Waals surface area (Å²) in [4.78, 5) is 2.46. The first-order valence-electron chi connectivity index (χ1n) is 35.3. The van der Waals surface area contributed by atoms with Crippen LogP contribution in [0.3, 0.4) is 0 Å². The molecule has 0 aliphatic heterocycles. The van der Waals surface area contributed by atoms with Gasteiger partial charge in [0.1, 0.15) is 5.75 Å². The van der Waals surface area contributed by atoms with Crippen LogP contribution in [0.2, 0.25) is 0 Å². The highest BCUT2D eigenvalue weighted by Gasteiger charge is 2.44. The van der Waals surface area contributed by atoms with E-state index in [0.29, 0.717) is 6.61 Å². The Morgan fingerprint density at radius 3 is 1.45 bits per heavy atom. The van der Waals surface area contributed by atoms with Crippen LogP contribution in [-0.2, 0) is 16.2 Å². The number of unbranched alkanes of at least 4 members (excludes halogenated alkanes) is 3. The third-order valence-electron chi connectivity index (χ3n) is 21.4. The molecule has 482 valence electrons. The second-order valence-corrected chi connectivity index (χ2v) is 28.7. The van der Waals surface area contributed by atoms with Gasteiger partial charge >= 0.3 is 0 Å². The van der Waals surface area contributed by atoms with Crippen LogP contribution in [0.1, 0.15) is 111 Å². The summed E-state index contributed by atoms with van der Waals surface area (Å²) in [5.74, 6) is 0.909. The van der Waals surface area contributed by atoms with Crippen LogP contribution < -0.4 is 9.64 Å². The van der Waals surface area contributed by atoms with Gasteiger partial charge in [-0.3, -0.25) is 0 Å².